The number of hydrogen-bond acceptors (Lipinski definition) is 3. The van der Waals surface area contributed by atoms with Crippen molar-refractivity contribution in [1.82, 2.24) is 4.98 Å². The van der Waals surface area contributed by atoms with Crippen LogP contribution in [0.2, 0.25) is 0 Å². The predicted octanol–water partition coefficient (Wildman–Crippen LogP) is 2.40. The van der Waals surface area contributed by atoms with E-state index >= 15 is 0 Å². The molecule has 1 aromatic carbocycles. The van der Waals surface area contributed by atoms with Crippen molar-refractivity contribution in [3.8, 4) is 0 Å². The molecule has 0 radical (unpaired) electrons. The van der Waals surface area contributed by atoms with E-state index in [-0.39, 0.29) is 5.78 Å². The Balaban J connectivity index is 2.11. The van der Waals surface area contributed by atoms with Crippen LogP contribution in [0.4, 0.5) is 5.69 Å². The smallest absolute Gasteiger partial charge is 0.185 e. The molecule has 0 spiro atoms. The molecule has 0 fully saturated rings. The average molecular weight is 226 g/mol. The Labute approximate surface area is 100 Å². The van der Waals surface area contributed by atoms with Crippen LogP contribution in [0.25, 0.3) is 0 Å². The molecule has 0 amide bonds. The van der Waals surface area contributed by atoms with Crippen LogP contribution in [0.3, 0.4) is 0 Å². The van der Waals surface area contributed by atoms with E-state index in [1.54, 1.807) is 12.1 Å². The average Bonchev–Trinajstić information content (AvgIpc) is 2.33. The van der Waals surface area contributed by atoms with Crippen molar-refractivity contribution in [2.75, 3.05) is 5.73 Å². The summed E-state index contributed by atoms with van der Waals surface area (Å²) < 4.78 is 0. The van der Waals surface area contributed by atoms with Gasteiger partial charge in [-0.2, -0.15) is 0 Å². The first-order valence-corrected chi connectivity index (χ1v) is 5.45. The van der Waals surface area contributed by atoms with Gasteiger partial charge in [0.15, 0.2) is 5.78 Å². The lowest BCUT2D eigenvalue weighted by Crippen LogP contribution is -2.06. The van der Waals surface area contributed by atoms with Crippen LogP contribution in [0, 0.1) is 6.92 Å². The molecule has 2 N–H and O–H groups in total. The summed E-state index contributed by atoms with van der Waals surface area (Å²) in [7, 11) is 0. The number of nitrogen functional groups attached to an aromatic ring is 1. The number of anilines is 1. The first-order chi connectivity index (χ1) is 8.15. The molecular formula is C14H14N2O. The maximum atomic E-state index is 11.9. The number of carbonyl (C=O) groups excluding carboxylic acids is 1. The lowest BCUT2D eigenvalue weighted by Gasteiger charge is -2.02. The van der Waals surface area contributed by atoms with Crippen molar-refractivity contribution < 1.29 is 4.79 Å². The SMILES string of the molecule is Cc1ccc(CC(=O)c2ccc(N)cn2)cc1. The van der Waals surface area contributed by atoms with Gasteiger partial charge in [-0.05, 0) is 24.6 Å². The zero-order valence-corrected chi connectivity index (χ0v) is 9.68. The summed E-state index contributed by atoms with van der Waals surface area (Å²) in [4.78, 5) is 15.9. The Hall–Kier alpha value is -2.16. The summed E-state index contributed by atoms with van der Waals surface area (Å²) in [6.45, 7) is 2.02. The first-order valence-electron chi connectivity index (χ1n) is 5.45. The van der Waals surface area contributed by atoms with E-state index in [9.17, 15) is 4.79 Å². The molecule has 1 heterocycles. The van der Waals surface area contributed by atoms with Crippen LogP contribution in [-0.4, -0.2) is 10.8 Å². The summed E-state index contributed by atoms with van der Waals surface area (Å²) in [6.07, 6.45) is 1.87. The molecule has 0 saturated carbocycles. The standard InChI is InChI=1S/C14H14N2O/c1-10-2-4-11(5-3-10)8-14(17)13-7-6-12(15)9-16-13/h2-7,9H,8,15H2,1H3. The molecule has 86 valence electrons. The third-order valence-electron chi connectivity index (χ3n) is 2.56. The molecule has 0 saturated heterocycles. The van der Waals surface area contributed by atoms with E-state index in [0.717, 1.165) is 5.56 Å². The first kappa shape index (κ1) is 11.3. The van der Waals surface area contributed by atoms with E-state index < -0.39 is 0 Å². The number of benzene rings is 1. The van der Waals surface area contributed by atoms with Gasteiger partial charge >= 0.3 is 0 Å². The number of nitrogens with two attached hydrogens (primary N) is 1. The molecule has 1 aromatic heterocycles. The van der Waals surface area contributed by atoms with E-state index in [0.29, 0.717) is 17.8 Å². The Kier molecular flexibility index (Phi) is 3.19. The highest BCUT2D eigenvalue weighted by Crippen LogP contribution is 2.08. The van der Waals surface area contributed by atoms with Gasteiger partial charge in [0.25, 0.3) is 0 Å². The van der Waals surface area contributed by atoms with Gasteiger partial charge < -0.3 is 5.73 Å². The second kappa shape index (κ2) is 4.78. The highest BCUT2D eigenvalue weighted by atomic mass is 16.1. The zero-order valence-electron chi connectivity index (χ0n) is 9.68. The number of ketones is 1. The number of Topliss-reactive ketones (excluding diaryl/α,β-unsaturated/α-hetero) is 1. The summed E-state index contributed by atoms with van der Waals surface area (Å²) >= 11 is 0. The summed E-state index contributed by atoms with van der Waals surface area (Å²) in [5.74, 6) is 0.00820. The third kappa shape index (κ3) is 2.91. The lowest BCUT2D eigenvalue weighted by atomic mass is 10.1. The molecule has 3 heteroatoms. The molecule has 0 bridgehead atoms. The van der Waals surface area contributed by atoms with Crippen molar-refractivity contribution in [2.45, 2.75) is 13.3 Å². The van der Waals surface area contributed by atoms with Crippen LogP contribution in [-0.2, 0) is 6.42 Å². The molecule has 17 heavy (non-hydrogen) atoms. The number of nitrogens with zero attached hydrogens (tertiary/aromatic N) is 1. The maximum absolute atomic E-state index is 11.9. The normalized spacial score (nSPS) is 10.2. The molecule has 0 atom stereocenters. The Morgan fingerprint density at radius 3 is 2.47 bits per heavy atom. The fourth-order valence-electron chi connectivity index (χ4n) is 1.55. The quantitative estimate of drug-likeness (QED) is 0.817. The molecule has 3 nitrogen and oxygen atoms in total. The number of rotatable bonds is 3. The lowest BCUT2D eigenvalue weighted by molar-refractivity contribution is 0.0988. The Bertz CT molecular complexity index is 515. The fourth-order valence-corrected chi connectivity index (χ4v) is 1.55. The number of pyridine rings is 1. The van der Waals surface area contributed by atoms with Crippen molar-refractivity contribution in [3.63, 3.8) is 0 Å². The fraction of sp³-hybridized carbons (Fsp3) is 0.143. The highest BCUT2D eigenvalue weighted by molar-refractivity contribution is 5.95. The monoisotopic (exact) mass is 226 g/mol. The van der Waals surface area contributed by atoms with Gasteiger partial charge in [0.05, 0.1) is 11.9 Å². The Morgan fingerprint density at radius 1 is 1.18 bits per heavy atom. The number of aryl methyl sites for hydroxylation is 1. The molecule has 0 aliphatic heterocycles. The largest absolute Gasteiger partial charge is 0.397 e. The minimum absolute atomic E-state index is 0.00820. The molecular weight excluding hydrogens is 212 g/mol. The summed E-state index contributed by atoms with van der Waals surface area (Å²) in [5, 5.41) is 0. The van der Waals surface area contributed by atoms with E-state index in [1.807, 2.05) is 31.2 Å². The highest BCUT2D eigenvalue weighted by Gasteiger charge is 2.07. The Morgan fingerprint density at radius 2 is 1.88 bits per heavy atom. The van der Waals surface area contributed by atoms with Crippen molar-refractivity contribution in [2.24, 2.45) is 0 Å². The second-order valence-electron chi connectivity index (χ2n) is 4.06. The van der Waals surface area contributed by atoms with E-state index in [2.05, 4.69) is 4.98 Å². The minimum Gasteiger partial charge on any atom is -0.397 e. The summed E-state index contributed by atoms with van der Waals surface area (Å²) in [5.41, 5.74) is 8.73. The van der Waals surface area contributed by atoms with Crippen molar-refractivity contribution >= 4 is 11.5 Å². The van der Waals surface area contributed by atoms with Gasteiger partial charge in [0.2, 0.25) is 0 Å². The molecule has 2 rings (SSSR count). The maximum Gasteiger partial charge on any atom is 0.185 e. The van der Waals surface area contributed by atoms with Crippen LogP contribution in [0.1, 0.15) is 21.6 Å². The van der Waals surface area contributed by atoms with Crippen molar-refractivity contribution in [1.29, 1.82) is 0 Å². The van der Waals surface area contributed by atoms with Crippen LogP contribution < -0.4 is 5.73 Å². The number of hydrogen-bond donors (Lipinski definition) is 1. The molecule has 0 aliphatic rings. The van der Waals surface area contributed by atoms with Gasteiger partial charge in [-0.3, -0.25) is 9.78 Å². The molecule has 2 aromatic rings. The van der Waals surface area contributed by atoms with E-state index in [4.69, 9.17) is 5.73 Å². The molecule has 0 aliphatic carbocycles. The summed E-state index contributed by atoms with van der Waals surface area (Å²) in [6, 6.07) is 11.3. The van der Waals surface area contributed by atoms with Crippen LogP contribution >= 0.6 is 0 Å². The van der Waals surface area contributed by atoms with Crippen LogP contribution in [0.5, 0.6) is 0 Å². The van der Waals surface area contributed by atoms with Crippen molar-refractivity contribution in [3.05, 3.63) is 59.4 Å². The zero-order chi connectivity index (χ0) is 12.3. The van der Waals surface area contributed by atoms with Gasteiger partial charge in [-0.25, -0.2) is 0 Å². The van der Waals surface area contributed by atoms with E-state index in [1.165, 1.54) is 11.8 Å². The van der Waals surface area contributed by atoms with Gasteiger partial charge in [-0.1, -0.05) is 29.8 Å². The number of aromatic nitrogens is 1. The number of carbonyl (C=O) groups is 1. The van der Waals surface area contributed by atoms with Gasteiger partial charge in [-0.15, -0.1) is 0 Å². The van der Waals surface area contributed by atoms with Gasteiger partial charge in [0, 0.05) is 6.42 Å². The topological polar surface area (TPSA) is 56.0 Å². The predicted molar refractivity (Wildman–Crippen MR) is 67.9 cm³/mol. The minimum atomic E-state index is 0.00820. The van der Waals surface area contributed by atoms with Crippen LogP contribution in [0.15, 0.2) is 42.6 Å². The van der Waals surface area contributed by atoms with Gasteiger partial charge in [0.1, 0.15) is 5.69 Å². The third-order valence-corrected chi connectivity index (χ3v) is 2.56. The molecule has 0 unspecified atom stereocenters. The second-order valence-corrected chi connectivity index (χ2v) is 4.06.